The first-order valence-electron chi connectivity index (χ1n) is 6.69. The largest absolute Gasteiger partial charge is 0.303 e. The van der Waals surface area contributed by atoms with Crippen LogP contribution in [-0.4, -0.2) is 6.29 Å². The van der Waals surface area contributed by atoms with E-state index in [9.17, 15) is 18.0 Å². The fourth-order valence-electron chi connectivity index (χ4n) is 2.74. The number of halogens is 3. The Labute approximate surface area is 110 Å². The van der Waals surface area contributed by atoms with Crippen LogP contribution in [0.5, 0.6) is 0 Å². The summed E-state index contributed by atoms with van der Waals surface area (Å²) in [5, 5.41) is 0. The van der Waals surface area contributed by atoms with Crippen LogP contribution >= 0.6 is 0 Å². The van der Waals surface area contributed by atoms with Crippen molar-refractivity contribution >= 4 is 6.29 Å². The average molecular weight is 270 g/mol. The quantitative estimate of drug-likeness (QED) is 0.596. The third-order valence-electron chi connectivity index (χ3n) is 3.97. The molecule has 0 spiro atoms. The minimum atomic E-state index is -1.41. The van der Waals surface area contributed by atoms with Crippen LogP contribution in [0.4, 0.5) is 13.2 Å². The molecule has 1 saturated carbocycles. The van der Waals surface area contributed by atoms with Crippen LogP contribution in [-0.2, 0) is 11.2 Å². The molecule has 4 heteroatoms. The molecule has 0 aliphatic heterocycles. The van der Waals surface area contributed by atoms with Gasteiger partial charge in [-0.2, -0.15) is 0 Å². The number of aldehydes is 1. The van der Waals surface area contributed by atoms with Crippen LogP contribution in [0.15, 0.2) is 12.1 Å². The molecule has 2 rings (SSSR count). The van der Waals surface area contributed by atoms with E-state index in [2.05, 4.69) is 0 Å². The molecule has 0 amide bonds. The number of carbonyl (C=O) groups excluding carboxylic acids is 1. The lowest BCUT2D eigenvalue weighted by atomic mass is 9.80. The van der Waals surface area contributed by atoms with E-state index in [1.165, 1.54) is 0 Å². The second-order valence-corrected chi connectivity index (χ2v) is 5.33. The molecule has 0 atom stereocenters. The van der Waals surface area contributed by atoms with Crippen molar-refractivity contribution in [3.63, 3.8) is 0 Å². The van der Waals surface area contributed by atoms with Gasteiger partial charge in [-0.3, -0.25) is 0 Å². The van der Waals surface area contributed by atoms with Gasteiger partial charge in [0, 0.05) is 5.92 Å². The second kappa shape index (κ2) is 6.22. The molecule has 0 bridgehead atoms. The molecular weight excluding hydrogens is 253 g/mol. The first kappa shape index (κ1) is 14.1. The Kier molecular flexibility index (Phi) is 4.61. The van der Waals surface area contributed by atoms with Crippen molar-refractivity contribution in [1.29, 1.82) is 0 Å². The van der Waals surface area contributed by atoms with E-state index < -0.39 is 17.5 Å². The lowest BCUT2D eigenvalue weighted by Crippen LogP contribution is -2.16. The minimum Gasteiger partial charge on any atom is -0.303 e. The molecule has 1 aliphatic rings. The van der Waals surface area contributed by atoms with Crippen molar-refractivity contribution in [3.05, 3.63) is 35.1 Å². The van der Waals surface area contributed by atoms with E-state index in [4.69, 9.17) is 0 Å². The number of carbonyl (C=O) groups is 1. The molecule has 1 fully saturated rings. The summed E-state index contributed by atoms with van der Waals surface area (Å²) in [5.41, 5.74) is 0.494. The van der Waals surface area contributed by atoms with Gasteiger partial charge in [0.05, 0.1) is 0 Å². The molecule has 104 valence electrons. The smallest absolute Gasteiger partial charge is 0.194 e. The zero-order valence-corrected chi connectivity index (χ0v) is 10.7. The predicted molar refractivity (Wildman–Crippen MR) is 66.1 cm³/mol. The van der Waals surface area contributed by atoms with Gasteiger partial charge < -0.3 is 4.79 Å². The Bertz CT molecular complexity index is 428. The summed E-state index contributed by atoms with van der Waals surface area (Å²) in [6.45, 7) is 0. The molecule has 1 aliphatic carbocycles. The second-order valence-electron chi connectivity index (χ2n) is 5.33. The van der Waals surface area contributed by atoms with Crippen molar-refractivity contribution in [2.75, 3.05) is 0 Å². The van der Waals surface area contributed by atoms with Gasteiger partial charge in [0.15, 0.2) is 17.5 Å². The Morgan fingerprint density at radius 2 is 1.63 bits per heavy atom. The zero-order valence-electron chi connectivity index (χ0n) is 10.7. The van der Waals surface area contributed by atoms with Gasteiger partial charge in [0.1, 0.15) is 6.29 Å². The molecule has 19 heavy (non-hydrogen) atoms. The highest BCUT2D eigenvalue weighted by molar-refractivity contribution is 5.53. The van der Waals surface area contributed by atoms with Crippen molar-refractivity contribution in [3.8, 4) is 0 Å². The highest BCUT2D eigenvalue weighted by Crippen LogP contribution is 2.30. The van der Waals surface area contributed by atoms with E-state index in [1.807, 2.05) is 0 Å². The van der Waals surface area contributed by atoms with E-state index in [0.29, 0.717) is 17.9 Å². The van der Waals surface area contributed by atoms with Crippen LogP contribution in [0.25, 0.3) is 0 Å². The van der Waals surface area contributed by atoms with E-state index >= 15 is 0 Å². The fraction of sp³-hybridized carbons (Fsp3) is 0.533. The first-order chi connectivity index (χ1) is 9.10. The average Bonchev–Trinajstić information content (AvgIpc) is 2.43. The van der Waals surface area contributed by atoms with Crippen LogP contribution in [0.2, 0.25) is 0 Å². The zero-order chi connectivity index (χ0) is 13.8. The predicted octanol–water partition coefficient (Wildman–Crippen LogP) is 4.04. The van der Waals surface area contributed by atoms with Gasteiger partial charge in [-0.05, 0) is 62.1 Å². The monoisotopic (exact) mass is 270 g/mol. The highest BCUT2D eigenvalue weighted by atomic mass is 19.2. The minimum absolute atomic E-state index is 0.178. The Hall–Kier alpha value is -1.32. The van der Waals surface area contributed by atoms with Crippen molar-refractivity contribution in [2.45, 2.75) is 38.5 Å². The van der Waals surface area contributed by atoms with Crippen molar-refractivity contribution in [1.82, 2.24) is 0 Å². The van der Waals surface area contributed by atoms with E-state index in [0.717, 1.165) is 50.5 Å². The van der Waals surface area contributed by atoms with E-state index in [1.54, 1.807) is 0 Å². The maximum Gasteiger partial charge on any atom is 0.194 e. The summed E-state index contributed by atoms with van der Waals surface area (Å²) in [7, 11) is 0. The van der Waals surface area contributed by atoms with Crippen molar-refractivity contribution < 1.29 is 18.0 Å². The first-order valence-corrected chi connectivity index (χ1v) is 6.69. The maximum atomic E-state index is 13.0. The lowest BCUT2D eigenvalue weighted by Gasteiger charge is -2.25. The molecule has 1 aromatic rings. The third-order valence-corrected chi connectivity index (χ3v) is 3.97. The SMILES string of the molecule is O=CC1CCC(CCc2cc(F)c(F)c(F)c2)CC1. The third kappa shape index (κ3) is 3.58. The molecule has 0 N–H and O–H groups in total. The van der Waals surface area contributed by atoms with Gasteiger partial charge >= 0.3 is 0 Å². The number of rotatable bonds is 4. The van der Waals surface area contributed by atoms with Crippen LogP contribution in [0, 0.1) is 29.3 Å². The topological polar surface area (TPSA) is 17.1 Å². The number of hydrogen-bond donors (Lipinski definition) is 0. The van der Waals surface area contributed by atoms with Crippen LogP contribution in [0.1, 0.15) is 37.7 Å². The summed E-state index contributed by atoms with van der Waals surface area (Å²) in [5.74, 6) is -2.99. The summed E-state index contributed by atoms with van der Waals surface area (Å²) in [6.07, 6.45) is 6.16. The molecular formula is C15H17F3O. The molecule has 0 heterocycles. The highest BCUT2D eigenvalue weighted by Gasteiger charge is 2.20. The van der Waals surface area contributed by atoms with Crippen molar-refractivity contribution in [2.24, 2.45) is 11.8 Å². The van der Waals surface area contributed by atoms with Gasteiger partial charge in [0.25, 0.3) is 0 Å². The summed E-state index contributed by atoms with van der Waals surface area (Å²) < 4.78 is 38.9. The summed E-state index contributed by atoms with van der Waals surface area (Å²) >= 11 is 0. The Balaban J connectivity index is 1.88. The number of aryl methyl sites for hydroxylation is 1. The molecule has 0 saturated heterocycles. The number of benzene rings is 1. The normalized spacial score (nSPS) is 23.3. The van der Waals surface area contributed by atoms with E-state index in [-0.39, 0.29) is 5.92 Å². The number of hydrogen-bond acceptors (Lipinski definition) is 1. The summed E-state index contributed by atoms with van der Waals surface area (Å²) in [6, 6.07) is 2.13. The molecule has 0 aromatic heterocycles. The standard InChI is InChI=1S/C15H17F3O/c16-13-7-12(8-14(17)15(13)18)6-3-10-1-4-11(9-19)5-2-10/h7-11H,1-6H2. The van der Waals surface area contributed by atoms with Gasteiger partial charge in [0.2, 0.25) is 0 Å². The molecule has 1 aromatic carbocycles. The fourth-order valence-corrected chi connectivity index (χ4v) is 2.74. The Morgan fingerprint density at radius 1 is 1.05 bits per heavy atom. The van der Waals surface area contributed by atoms with Gasteiger partial charge in [-0.25, -0.2) is 13.2 Å². The van der Waals surface area contributed by atoms with Crippen LogP contribution < -0.4 is 0 Å². The lowest BCUT2D eigenvalue weighted by molar-refractivity contribution is -0.112. The maximum absolute atomic E-state index is 13.0. The van der Waals surface area contributed by atoms with Crippen LogP contribution in [0.3, 0.4) is 0 Å². The molecule has 0 unspecified atom stereocenters. The van der Waals surface area contributed by atoms with Gasteiger partial charge in [-0.1, -0.05) is 0 Å². The Morgan fingerprint density at radius 3 is 2.16 bits per heavy atom. The molecule has 0 radical (unpaired) electrons. The molecule has 1 nitrogen and oxygen atoms in total. The summed E-state index contributed by atoms with van der Waals surface area (Å²) in [4.78, 5) is 10.6. The van der Waals surface area contributed by atoms with Gasteiger partial charge in [-0.15, -0.1) is 0 Å².